The number of ether oxygens (including phenoxy) is 1. The maximum Gasteiger partial charge on any atom is 0.243 e. The summed E-state index contributed by atoms with van der Waals surface area (Å²) in [5.41, 5.74) is 8.24. The minimum absolute atomic E-state index is 0.0258. The standard InChI is InChI=1S/C25H26N6O3/c1-2-21(33)27-15-18(7-6-14-32)31-25-22(24(26)28-16-29-25)23(30-31)17-10-12-20(13-11-17)34-19-8-4-3-5-9-19/h2-5,8-13,16,18,32H,1,6-7,14-15H2,(H,27,33)(H2,26,28,29). The van der Waals surface area contributed by atoms with Gasteiger partial charge in [-0.3, -0.25) is 4.79 Å². The number of rotatable bonds is 10. The van der Waals surface area contributed by atoms with E-state index in [1.807, 2.05) is 54.6 Å². The Bertz CT molecular complexity index is 1270. The van der Waals surface area contributed by atoms with E-state index in [1.165, 1.54) is 12.4 Å². The molecule has 4 rings (SSSR count). The number of nitrogens with zero attached hydrogens (tertiary/aromatic N) is 4. The topological polar surface area (TPSA) is 128 Å². The van der Waals surface area contributed by atoms with Gasteiger partial charge in [0.15, 0.2) is 5.65 Å². The number of carbonyl (C=O) groups excluding carboxylic acids is 1. The van der Waals surface area contributed by atoms with Crippen LogP contribution in [0.3, 0.4) is 0 Å². The fourth-order valence-corrected chi connectivity index (χ4v) is 3.69. The van der Waals surface area contributed by atoms with Crippen molar-refractivity contribution in [1.82, 2.24) is 25.1 Å². The highest BCUT2D eigenvalue weighted by atomic mass is 16.5. The van der Waals surface area contributed by atoms with Gasteiger partial charge in [0, 0.05) is 18.7 Å². The summed E-state index contributed by atoms with van der Waals surface area (Å²) in [6.45, 7) is 3.82. The number of carbonyl (C=O) groups is 1. The van der Waals surface area contributed by atoms with Crippen LogP contribution < -0.4 is 15.8 Å². The molecule has 0 spiro atoms. The van der Waals surface area contributed by atoms with Crippen LogP contribution in [0.4, 0.5) is 5.82 Å². The Hall–Kier alpha value is -4.24. The molecule has 4 N–H and O–H groups in total. The van der Waals surface area contributed by atoms with Gasteiger partial charge in [0.2, 0.25) is 5.91 Å². The number of hydrogen-bond acceptors (Lipinski definition) is 7. The lowest BCUT2D eigenvalue weighted by Crippen LogP contribution is -2.30. The predicted molar refractivity (Wildman–Crippen MR) is 130 cm³/mol. The molecule has 1 unspecified atom stereocenters. The zero-order valence-electron chi connectivity index (χ0n) is 18.6. The van der Waals surface area contributed by atoms with Crippen molar-refractivity contribution in [2.45, 2.75) is 18.9 Å². The lowest BCUT2D eigenvalue weighted by atomic mass is 10.1. The van der Waals surface area contributed by atoms with Gasteiger partial charge in [0.25, 0.3) is 0 Å². The largest absolute Gasteiger partial charge is 0.457 e. The van der Waals surface area contributed by atoms with Gasteiger partial charge in [0.1, 0.15) is 29.3 Å². The van der Waals surface area contributed by atoms with Crippen molar-refractivity contribution in [3.8, 4) is 22.8 Å². The average molecular weight is 459 g/mol. The van der Waals surface area contributed by atoms with Crippen LogP contribution in [0, 0.1) is 0 Å². The number of hydrogen-bond donors (Lipinski definition) is 3. The molecule has 0 fully saturated rings. The minimum Gasteiger partial charge on any atom is -0.457 e. The Labute approximate surface area is 196 Å². The van der Waals surface area contributed by atoms with E-state index in [4.69, 9.17) is 15.6 Å². The monoisotopic (exact) mass is 458 g/mol. The lowest BCUT2D eigenvalue weighted by Gasteiger charge is -2.18. The summed E-state index contributed by atoms with van der Waals surface area (Å²) in [7, 11) is 0. The molecule has 174 valence electrons. The molecule has 0 saturated heterocycles. The molecule has 0 saturated carbocycles. The van der Waals surface area contributed by atoms with Crippen LogP contribution in [0.25, 0.3) is 22.3 Å². The molecule has 0 radical (unpaired) electrons. The Kier molecular flexibility index (Phi) is 7.14. The number of aromatic nitrogens is 4. The molecule has 9 heteroatoms. The molecule has 4 aromatic rings. The normalized spacial score (nSPS) is 11.8. The van der Waals surface area contributed by atoms with Gasteiger partial charge in [0.05, 0.1) is 11.4 Å². The second-order valence-corrected chi connectivity index (χ2v) is 7.66. The molecule has 1 atom stereocenters. The van der Waals surface area contributed by atoms with Crippen molar-refractivity contribution >= 4 is 22.8 Å². The summed E-state index contributed by atoms with van der Waals surface area (Å²) < 4.78 is 7.63. The molecule has 2 aromatic heterocycles. The highest BCUT2D eigenvalue weighted by Crippen LogP contribution is 2.33. The second-order valence-electron chi connectivity index (χ2n) is 7.66. The zero-order chi connectivity index (χ0) is 23.9. The van der Waals surface area contributed by atoms with Crippen molar-refractivity contribution in [1.29, 1.82) is 0 Å². The van der Waals surface area contributed by atoms with Crippen LogP contribution in [-0.4, -0.2) is 43.9 Å². The number of amides is 1. The first-order valence-electron chi connectivity index (χ1n) is 10.9. The highest BCUT2D eigenvalue weighted by molar-refractivity contribution is 5.98. The number of anilines is 1. The third-order valence-electron chi connectivity index (χ3n) is 5.36. The maximum absolute atomic E-state index is 11.8. The first kappa shape index (κ1) is 22.9. The zero-order valence-corrected chi connectivity index (χ0v) is 18.6. The van der Waals surface area contributed by atoms with E-state index < -0.39 is 0 Å². The van der Waals surface area contributed by atoms with Crippen LogP contribution in [0.15, 0.2) is 73.6 Å². The summed E-state index contributed by atoms with van der Waals surface area (Å²) in [5, 5.41) is 17.6. The quantitative estimate of drug-likeness (QED) is 0.310. The van der Waals surface area contributed by atoms with Crippen LogP contribution in [0.2, 0.25) is 0 Å². The summed E-state index contributed by atoms with van der Waals surface area (Å²) in [6.07, 6.45) is 3.73. The fourth-order valence-electron chi connectivity index (χ4n) is 3.69. The molecular formula is C25H26N6O3. The van der Waals surface area contributed by atoms with E-state index in [9.17, 15) is 9.90 Å². The lowest BCUT2D eigenvalue weighted by molar-refractivity contribution is -0.116. The van der Waals surface area contributed by atoms with Crippen LogP contribution in [0.1, 0.15) is 18.9 Å². The number of para-hydroxylation sites is 1. The number of nitrogen functional groups attached to an aromatic ring is 1. The first-order valence-corrected chi connectivity index (χ1v) is 10.9. The average Bonchev–Trinajstić information content (AvgIpc) is 3.26. The summed E-state index contributed by atoms with van der Waals surface area (Å²) in [6, 6.07) is 16.8. The fraction of sp³-hybridized carbons (Fsp3) is 0.200. The van der Waals surface area contributed by atoms with Gasteiger partial charge in [-0.2, -0.15) is 5.10 Å². The number of aliphatic hydroxyl groups excluding tert-OH is 1. The minimum atomic E-state index is -0.283. The number of nitrogens with one attached hydrogen (secondary N) is 1. The smallest absolute Gasteiger partial charge is 0.243 e. The summed E-state index contributed by atoms with van der Waals surface area (Å²) >= 11 is 0. The van der Waals surface area contributed by atoms with Gasteiger partial charge in [-0.05, 0) is 55.3 Å². The molecule has 1 amide bonds. The van der Waals surface area contributed by atoms with E-state index in [0.29, 0.717) is 47.7 Å². The van der Waals surface area contributed by atoms with E-state index >= 15 is 0 Å². The molecule has 0 aliphatic heterocycles. The van der Waals surface area contributed by atoms with E-state index in [-0.39, 0.29) is 18.6 Å². The molecule has 9 nitrogen and oxygen atoms in total. The van der Waals surface area contributed by atoms with Gasteiger partial charge >= 0.3 is 0 Å². The third kappa shape index (κ3) is 5.05. The van der Waals surface area contributed by atoms with E-state index in [2.05, 4.69) is 21.9 Å². The van der Waals surface area contributed by atoms with Crippen LogP contribution in [-0.2, 0) is 4.79 Å². The van der Waals surface area contributed by atoms with Crippen molar-refractivity contribution in [3.05, 3.63) is 73.6 Å². The summed E-state index contributed by atoms with van der Waals surface area (Å²) in [5.74, 6) is 1.47. The Morgan fingerprint density at radius 1 is 1.15 bits per heavy atom. The van der Waals surface area contributed by atoms with E-state index in [1.54, 1.807) is 4.68 Å². The van der Waals surface area contributed by atoms with E-state index in [0.717, 1.165) is 11.3 Å². The van der Waals surface area contributed by atoms with Gasteiger partial charge in [-0.15, -0.1) is 0 Å². The van der Waals surface area contributed by atoms with Gasteiger partial charge < -0.3 is 20.9 Å². The first-order chi connectivity index (χ1) is 16.6. The van der Waals surface area contributed by atoms with Crippen molar-refractivity contribution in [3.63, 3.8) is 0 Å². The molecule has 34 heavy (non-hydrogen) atoms. The predicted octanol–water partition coefficient (Wildman–Crippen LogP) is 3.48. The number of aliphatic hydroxyl groups is 1. The summed E-state index contributed by atoms with van der Waals surface area (Å²) in [4.78, 5) is 20.3. The SMILES string of the molecule is C=CC(=O)NCC(CCCO)n1nc(-c2ccc(Oc3ccccc3)cc2)c2c(N)ncnc21. The highest BCUT2D eigenvalue weighted by Gasteiger charge is 2.22. The molecule has 0 bridgehead atoms. The molecule has 2 aromatic carbocycles. The maximum atomic E-state index is 11.8. The molecule has 0 aliphatic carbocycles. The van der Waals surface area contributed by atoms with Gasteiger partial charge in [-0.25, -0.2) is 14.6 Å². The number of nitrogens with two attached hydrogens (primary N) is 1. The van der Waals surface area contributed by atoms with Crippen LogP contribution >= 0.6 is 0 Å². The Morgan fingerprint density at radius 2 is 1.88 bits per heavy atom. The second kappa shape index (κ2) is 10.6. The molecule has 2 heterocycles. The number of benzene rings is 2. The van der Waals surface area contributed by atoms with Crippen LogP contribution in [0.5, 0.6) is 11.5 Å². The Morgan fingerprint density at radius 3 is 2.59 bits per heavy atom. The van der Waals surface area contributed by atoms with Crippen molar-refractivity contribution in [2.24, 2.45) is 0 Å². The third-order valence-corrected chi connectivity index (χ3v) is 5.36. The number of fused-ring (bicyclic) bond motifs is 1. The van der Waals surface area contributed by atoms with Crippen molar-refractivity contribution in [2.75, 3.05) is 18.9 Å². The van der Waals surface area contributed by atoms with Gasteiger partial charge in [-0.1, -0.05) is 24.8 Å². The molecular weight excluding hydrogens is 432 g/mol. The van der Waals surface area contributed by atoms with Crippen molar-refractivity contribution < 1.29 is 14.6 Å². The molecule has 0 aliphatic rings. The Balaban J connectivity index is 1.70.